The lowest BCUT2D eigenvalue weighted by Gasteiger charge is -2.06. The normalized spacial score (nSPS) is 10.1. The Hall–Kier alpha value is -3.52. The number of fused-ring (bicyclic) bond motifs is 6. The van der Waals surface area contributed by atoms with Crippen molar-refractivity contribution < 1.29 is 0 Å². The van der Waals surface area contributed by atoms with Crippen LogP contribution in [-0.4, -0.2) is 9.13 Å². The SMILES string of the molecule is CC.CC.CC.CC.Cc1ccc2c3ccc(-c4ccc5c6ccc(C)cc6n(C)c5c4)cc3n(C)c2c1. The van der Waals surface area contributed by atoms with E-state index in [1.807, 2.05) is 55.4 Å². The minimum Gasteiger partial charge on any atom is -0.344 e. The van der Waals surface area contributed by atoms with Crippen LogP contribution in [0.1, 0.15) is 66.5 Å². The summed E-state index contributed by atoms with van der Waals surface area (Å²) >= 11 is 0. The Morgan fingerprint density at radius 1 is 0.368 bits per heavy atom. The molecule has 202 valence electrons. The first-order chi connectivity index (χ1) is 18.5. The van der Waals surface area contributed by atoms with Gasteiger partial charge in [-0.15, -0.1) is 0 Å². The Kier molecular flexibility index (Phi) is 11.2. The third-order valence-corrected chi connectivity index (χ3v) is 6.66. The molecule has 0 saturated carbocycles. The Morgan fingerprint density at radius 3 is 0.947 bits per heavy atom. The van der Waals surface area contributed by atoms with E-state index in [4.69, 9.17) is 0 Å². The average Bonchev–Trinajstić information content (AvgIpc) is 3.42. The fraction of sp³-hybridized carbons (Fsp3) is 0.333. The van der Waals surface area contributed by atoms with E-state index < -0.39 is 0 Å². The standard InChI is InChI=1S/C28H24N2.4C2H6/c1-17-5-9-21-23-11-7-19(15-27(23)29(3)25(21)13-17)20-8-12-24-22-10-6-18(2)14-26(22)30(4)28(24)16-20;4*1-2/h5-16H,1-4H3;4*1-2H3. The van der Waals surface area contributed by atoms with Crippen LogP contribution in [-0.2, 0) is 14.1 Å². The summed E-state index contributed by atoms with van der Waals surface area (Å²) in [4.78, 5) is 0. The molecule has 2 heteroatoms. The number of aryl methyl sites for hydroxylation is 4. The highest BCUT2D eigenvalue weighted by Gasteiger charge is 2.12. The Balaban J connectivity index is 0.000000583. The number of aromatic nitrogens is 2. The van der Waals surface area contributed by atoms with Gasteiger partial charge in [-0.3, -0.25) is 0 Å². The van der Waals surface area contributed by atoms with Gasteiger partial charge in [0, 0.05) is 57.7 Å². The number of benzene rings is 4. The van der Waals surface area contributed by atoms with Crippen LogP contribution < -0.4 is 0 Å². The molecular formula is C36H48N2. The van der Waals surface area contributed by atoms with Crippen LogP contribution in [0.3, 0.4) is 0 Å². The highest BCUT2D eigenvalue weighted by atomic mass is 14.9. The molecule has 2 aromatic heterocycles. The molecule has 38 heavy (non-hydrogen) atoms. The van der Waals surface area contributed by atoms with Gasteiger partial charge in [-0.05, 0) is 60.4 Å². The molecule has 0 atom stereocenters. The van der Waals surface area contributed by atoms with E-state index in [-0.39, 0.29) is 0 Å². The molecule has 0 radical (unpaired) electrons. The molecule has 0 N–H and O–H groups in total. The van der Waals surface area contributed by atoms with Crippen molar-refractivity contribution >= 4 is 43.6 Å². The maximum Gasteiger partial charge on any atom is 0.0494 e. The second-order valence-electron chi connectivity index (χ2n) is 8.62. The number of rotatable bonds is 1. The van der Waals surface area contributed by atoms with Crippen molar-refractivity contribution in [2.75, 3.05) is 0 Å². The summed E-state index contributed by atoms with van der Waals surface area (Å²) < 4.78 is 4.64. The van der Waals surface area contributed by atoms with E-state index in [1.54, 1.807) is 0 Å². The summed E-state index contributed by atoms with van der Waals surface area (Å²) in [6.07, 6.45) is 0. The van der Waals surface area contributed by atoms with Gasteiger partial charge in [0.1, 0.15) is 0 Å². The quantitative estimate of drug-likeness (QED) is 0.209. The molecule has 0 unspecified atom stereocenters. The topological polar surface area (TPSA) is 9.86 Å². The molecule has 0 aliphatic carbocycles. The Morgan fingerprint density at radius 2 is 0.632 bits per heavy atom. The van der Waals surface area contributed by atoms with Crippen molar-refractivity contribution in [2.45, 2.75) is 69.2 Å². The molecule has 0 spiro atoms. The number of nitrogens with zero attached hydrogens (tertiary/aromatic N) is 2. The van der Waals surface area contributed by atoms with Crippen molar-refractivity contribution in [1.29, 1.82) is 0 Å². The Bertz CT molecular complexity index is 1500. The maximum atomic E-state index is 2.33. The van der Waals surface area contributed by atoms with Gasteiger partial charge in [0.15, 0.2) is 0 Å². The first-order valence-corrected chi connectivity index (χ1v) is 14.5. The predicted molar refractivity (Wildman–Crippen MR) is 175 cm³/mol. The highest BCUT2D eigenvalue weighted by molar-refractivity contribution is 6.11. The molecule has 0 bridgehead atoms. The van der Waals surface area contributed by atoms with Gasteiger partial charge < -0.3 is 9.13 Å². The van der Waals surface area contributed by atoms with Crippen LogP contribution >= 0.6 is 0 Å². The average molecular weight is 509 g/mol. The minimum absolute atomic E-state index is 1.26. The molecule has 6 rings (SSSR count). The predicted octanol–water partition coefficient (Wildman–Crippen LogP) is 11.4. The van der Waals surface area contributed by atoms with Crippen LogP contribution in [0.2, 0.25) is 0 Å². The molecule has 2 heterocycles. The van der Waals surface area contributed by atoms with Gasteiger partial charge >= 0.3 is 0 Å². The van der Waals surface area contributed by atoms with E-state index >= 15 is 0 Å². The van der Waals surface area contributed by atoms with Gasteiger partial charge in [-0.2, -0.15) is 0 Å². The largest absolute Gasteiger partial charge is 0.344 e. The van der Waals surface area contributed by atoms with E-state index in [9.17, 15) is 0 Å². The number of hydrogen-bond donors (Lipinski definition) is 0. The molecule has 4 aromatic carbocycles. The summed E-state index contributed by atoms with van der Waals surface area (Å²) in [7, 11) is 4.34. The fourth-order valence-corrected chi connectivity index (χ4v) is 4.99. The van der Waals surface area contributed by atoms with Gasteiger partial charge in [-0.1, -0.05) is 104 Å². The smallest absolute Gasteiger partial charge is 0.0494 e. The molecule has 0 aliphatic heterocycles. The second kappa shape index (κ2) is 13.9. The van der Waals surface area contributed by atoms with Gasteiger partial charge in [0.25, 0.3) is 0 Å². The summed E-state index contributed by atoms with van der Waals surface area (Å²) in [5.41, 5.74) is 10.3. The summed E-state index contributed by atoms with van der Waals surface area (Å²) in [5.74, 6) is 0. The van der Waals surface area contributed by atoms with Crippen LogP contribution in [0.4, 0.5) is 0 Å². The third kappa shape index (κ3) is 5.50. The van der Waals surface area contributed by atoms with E-state index in [1.165, 1.54) is 65.9 Å². The van der Waals surface area contributed by atoms with Crippen molar-refractivity contribution in [1.82, 2.24) is 9.13 Å². The van der Waals surface area contributed by atoms with Crippen LogP contribution in [0, 0.1) is 13.8 Å². The fourth-order valence-electron chi connectivity index (χ4n) is 4.99. The zero-order chi connectivity index (χ0) is 28.6. The van der Waals surface area contributed by atoms with Crippen molar-refractivity contribution in [3.63, 3.8) is 0 Å². The lowest BCUT2D eigenvalue weighted by atomic mass is 10.0. The van der Waals surface area contributed by atoms with Crippen molar-refractivity contribution in [3.05, 3.63) is 83.9 Å². The molecule has 0 saturated heterocycles. The van der Waals surface area contributed by atoms with Gasteiger partial charge in [0.2, 0.25) is 0 Å². The summed E-state index contributed by atoms with van der Waals surface area (Å²) in [6.45, 7) is 20.3. The first-order valence-electron chi connectivity index (χ1n) is 14.5. The maximum absolute atomic E-state index is 2.33. The van der Waals surface area contributed by atoms with Gasteiger partial charge in [0.05, 0.1) is 0 Å². The molecule has 2 nitrogen and oxygen atoms in total. The van der Waals surface area contributed by atoms with E-state index in [2.05, 4.69) is 110 Å². The summed E-state index contributed by atoms with van der Waals surface area (Å²) in [5, 5.41) is 5.28. The first kappa shape index (κ1) is 30.7. The second-order valence-corrected chi connectivity index (χ2v) is 8.62. The van der Waals surface area contributed by atoms with Crippen LogP contribution in [0.5, 0.6) is 0 Å². The highest BCUT2D eigenvalue weighted by Crippen LogP contribution is 2.35. The van der Waals surface area contributed by atoms with Crippen LogP contribution in [0.25, 0.3) is 54.7 Å². The molecule has 0 amide bonds. The molecule has 6 aromatic rings. The monoisotopic (exact) mass is 508 g/mol. The van der Waals surface area contributed by atoms with Crippen molar-refractivity contribution in [3.8, 4) is 11.1 Å². The molecular weight excluding hydrogens is 460 g/mol. The molecule has 0 fully saturated rings. The lowest BCUT2D eigenvalue weighted by molar-refractivity contribution is 1.01. The minimum atomic E-state index is 1.26. The zero-order valence-electron chi connectivity index (χ0n) is 25.8. The number of hydrogen-bond acceptors (Lipinski definition) is 0. The van der Waals surface area contributed by atoms with E-state index in [0.29, 0.717) is 0 Å². The zero-order valence-corrected chi connectivity index (χ0v) is 25.8. The summed E-state index contributed by atoms with van der Waals surface area (Å²) in [6, 6.07) is 27.2. The lowest BCUT2D eigenvalue weighted by Crippen LogP contribution is -1.89. The molecule has 0 aliphatic rings. The van der Waals surface area contributed by atoms with Crippen LogP contribution in [0.15, 0.2) is 72.8 Å². The Labute approximate surface area is 230 Å². The third-order valence-electron chi connectivity index (χ3n) is 6.66. The van der Waals surface area contributed by atoms with Gasteiger partial charge in [-0.25, -0.2) is 0 Å². The van der Waals surface area contributed by atoms with E-state index in [0.717, 1.165) is 0 Å². The van der Waals surface area contributed by atoms with Crippen molar-refractivity contribution in [2.24, 2.45) is 14.1 Å².